The highest BCUT2D eigenvalue weighted by Crippen LogP contribution is 2.32. The molecule has 0 radical (unpaired) electrons. The van der Waals surface area contributed by atoms with E-state index < -0.39 is 17.8 Å². The molecule has 1 aliphatic rings. The third-order valence-corrected chi connectivity index (χ3v) is 5.35. The molecule has 4 rings (SSSR count). The van der Waals surface area contributed by atoms with Gasteiger partial charge >= 0.3 is 12.1 Å². The van der Waals surface area contributed by atoms with Crippen molar-refractivity contribution in [3.63, 3.8) is 0 Å². The lowest BCUT2D eigenvalue weighted by molar-refractivity contribution is -0.274. The van der Waals surface area contributed by atoms with E-state index in [1.54, 1.807) is 12.4 Å². The van der Waals surface area contributed by atoms with Crippen LogP contribution in [0.1, 0.15) is 24.4 Å². The molecule has 0 bridgehead atoms. The van der Waals surface area contributed by atoms with Crippen LogP contribution in [-0.4, -0.2) is 38.7 Å². The van der Waals surface area contributed by atoms with Crippen molar-refractivity contribution in [3.05, 3.63) is 71.0 Å². The molecule has 1 aromatic carbocycles. The van der Waals surface area contributed by atoms with Gasteiger partial charge in [-0.3, -0.25) is 9.55 Å². The van der Waals surface area contributed by atoms with Crippen LogP contribution in [0.15, 0.2) is 59.8 Å². The Morgan fingerprint density at radius 1 is 1.16 bits per heavy atom. The third-order valence-electron chi connectivity index (χ3n) is 5.35. The number of halogens is 3. The second kappa shape index (κ2) is 8.46. The summed E-state index contributed by atoms with van der Waals surface area (Å²) in [6, 6.07) is 8.11. The zero-order chi connectivity index (χ0) is 22.0. The molecule has 2 N–H and O–H groups in total. The van der Waals surface area contributed by atoms with E-state index in [1.807, 2.05) is 12.1 Å². The van der Waals surface area contributed by atoms with Crippen molar-refractivity contribution in [1.29, 1.82) is 0 Å². The van der Waals surface area contributed by atoms with Gasteiger partial charge in [-0.2, -0.15) is 0 Å². The Balaban J connectivity index is 1.73. The summed E-state index contributed by atoms with van der Waals surface area (Å²) in [5.41, 5.74) is 0.622. The van der Waals surface area contributed by atoms with Crippen LogP contribution >= 0.6 is 0 Å². The van der Waals surface area contributed by atoms with Crippen LogP contribution in [-0.2, 0) is 0 Å². The summed E-state index contributed by atoms with van der Waals surface area (Å²) < 4.78 is 43.6. The van der Waals surface area contributed by atoms with Crippen molar-refractivity contribution < 1.29 is 23.0 Å². The molecule has 1 saturated heterocycles. The molecular formula is C21H21F3N4O3. The monoisotopic (exact) mass is 434 g/mol. The van der Waals surface area contributed by atoms with E-state index >= 15 is 0 Å². The third kappa shape index (κ3) is 4.58. The fourth-order valence-corrected chi connectivity index (χ4v) is 4.06. The molecule has 0 aliphatic carbocycles. The van der Waals surface area contributed by atoms with Crippen LogP contribution in [0.5, 0.6) is 11.6 Å². The molecule has 7 nitrogen and oxygen atoms in total. The van der Waals surface area contributed by atoms with Crippen molar-refractivity contribution in [1.82, 2.24) is 19.4 Å². The first kappa shape index (κ1) is 21.0. The highest BCUT2D eigenvalue weighted by molar-refractivity contribution is 5.40. The van der Waals surface area contributed by atoms with Gasteiger partial charge < -0.3 is 15.2 Å². The number of nitrogens with zero attached hydrogens (tertiary/aromatic N) is 3. The fraction of sp³-hybridized carbons (Fsp3) is 0.333. The number of pyridine rings is 1. The van der Waals surface area contributed by atoms with E-state index in [9.17, 15) is 23.1 Å². The summed E-state index contributed by atoms with van der Waals surface area (Å²) in [5.74, 6) is -0.602. The SMILES string of the molecule is O=c1n(C(c2ccncc2)C2CCCNC2)cc(O)n1-c1ccc(OC(F)(F)F)cc1. The summed E-state index contributed by atoms with van der Waals surface area (Å²) in [4.78, 5) is 17.3. The Morgan fingerprint density at radius 2 is 1.87 bits per heavy atom. The maximum Gasteiger partial charge on any atom is 0.573 e. The van der Waals surface area contributed by atoms with Gasteiger partial charge in [0, 0.05) is 18.9 Å². The van der Waals surface area contributed by atoms with E-state index in [-0.39, 0.29) is 23.5 Å². The predicted molar refractivity (Wildman–Crippen MR) is 106 cm³/mol. The first-order valence-electron chi connectivity index (χ1n) is 9.83. The molecule has 31 heavy (non-hydrogen) atoms. The molecule has 164 valence electrons. The molecule has 0 saturated carbocycles. The van der Waals surface area contributed by atoms with Crippen LogP contribution in [0.25, 0.3) is 5.69 Å². The molecular weight excluding hydrogens is 413 g/mol. The van der Waals surface area contributed by atoms with Gasteiger partial charge in [-0.1, -0.05) is 0 Å². The molecule has 0 amide bonds. The highest BCUT2D eigenvalue weighted by atomic mass is 19.4. The lowest BCUT2D eigenvalue weighted by Crippen LogP contribution is -2.39. The number of benzene rings is 1. The smallest absolute Gasteiger partial charge is 0.493 e. The summed E-state index contributed by atoms with van der Waals surface area (Å²) in [6.07, 6.45) is 1.73. The van der Waals surface area contributed by atoms with Crippen molar-refractivity contribution in [2.45, 2.75) is 25.2 Å². The molecule has 2 aromatic heterocycles. The summed E-state index contributed by atoms with van der Waals surface area (Å²) >= 11 is 0. The van der Waals surface area contributed by atoms with Crippen molar-refractivity contribution in [2.75, 3.05) is 13.1 Å². The largest absolute Gasteiger partial charge is 0.573 e. The average molecular weight is 434 g/mol. The lowest BCUT2D eigenvalue weighted by atomic mass is 9.87. The van der Waals surface area contributed by atoms with Crippen LogP contribution in [0, 0.1) is 5.92 Å². The highest BCUT2D eigenvalue weighted by Gasteiger charge is 2.32. The minimum absolute atomic E-state index is 0.117. The first-order valence-corrected chi connectivity index (χ1v) is 9.83. The van der Waals surface area contributed by atoms with Gasteiger partial charge in [0.1, 0.15) is 5.75 Å². The lowest BCUT2D eigenvalue weighted by Gasteiger charge is -2.31. The van der Waals surface area contributed by atoms with Crippen LogP contribution < -0.4 is 15.7 Å². The Bertz CT molecular complexity index is 1070. The maximum absolute atomic E-state index is 13.3. The van der Waals surface area contributed by atoms with Crippen molar-refractivity contribution >= 4 is 0 Å². The Labute approximate surface area is 175 Å². The minimum Gasteiger partial charge on any atom is -0.493 e. The van der Waals surface area contributed by atoms with Gasteiger partial charge in [0.2, 0.25) is 5.88 Å². The predicted octanol–water partition coefficient (Wildman–Crippen LogP) is 3.23. The van der Waals surface area contributed by atoms with Crippen LogP contribution in [0.3, 0.4) is 0 Å². The number of aromatic hydroxyl groups is 1. The topological polar surface area (TPSA) is 81.3 Å². The molecule has 1 fully saturated rings. The quantitative estimate of drug-likeness (QED) is 0.645. The zero-order valence-electron chi connectivity index (χ0n) is 16.4. The number of aromatic nitrogens is 3. The molecule has 2 atom stereocenters. The number of alkyl halides is 3. The number of hydrogen-bond donors (Lipinski definition) is 2. The van der Waals surface area contributed by atoms with Gasteiger partial charge in [0.05, 0.1) is 17.9 Å². The van der Waals surface area contributed by atoms with Crippen molar-refractivity contribution in [3.8, 4) is 17.3 Å². The molecule has 3 aromatic rings. The van der Waals surface area contributed by atoms with Crippen molar-refractivity contribution in [2.24, 2.45) is 5.92 Å². The molecule has 0 spiro atoms. The number of ether oxygens (including phenoxy) is 1. The Morgan fingerprint density at radius 3 is 2.48 bits per heavy atom. The molecule has 2 unspecified atom stereocenters. The van der Waals surface area contributed by atoms with E-state index in [0.717, 1.165) is 48.2 Å². The second-order valence-corrected chi connectivity index (χ2v) is 7.39. The minimum atomic E-state index is -4.81. The average Bonchev–Trinajstić information content (AvgIpc) is 3.03. The molecule has 1 aliphatic heterocycles. The maximum atomic E-state index is 13.3. The van der Waals surface area contributed by atoms with Gasteiger partial charge in [-0.15, -0.1) is 13.2 Å². The van der Waals surface area contributed by atoms with Crippen LogP contribution in [0.2, 0.25) is 0 Å². The zero-order valence-corrected chi connectivity index (χ0v) is 16.4. The van der Waals surface area contributed by atoms with Crippen LogP contribution in [0.4, 0.5) is 13.2 Å². The Hall–Kier alpha value is -3.27. The van der Waals surface area contributed by atoms with Gasteiger partial charge in [-0.25, -0.2) is 9.36 Å². The number of rotatable bonds is 5. The van der Waals surface area contributed by atoms with E-state index in [4.69, 9.17) is 0 Å². The number of piperidine rings is 1. The molecule has 3 heterocycles. The standard InChI is InChI=1S/C21H21F3N4O3/c22-21(23,24)31-17-5-3-16(4-6-17)28-18(29)13-27(20(28)30)19(14-7-10-25-11-8-14)15-2-1-9-26-12-15/h3-8,10-11,13,15,19,26,29H,1-2,9,12H2. The summed E-state index contributed by atoms with van der Waals surface area (Å²) in [5, 5.41) is 13.9. The number of nitrogens with one attached hydrogen (secondary N) is 1. The van der Waals surface area contributed by atoms with Gasteiger partial charge in [0.25, 0.3) is 0 Å². The van der Waals surface area contributed by atoms with Gasteiger partial charge in [-0.05, 0) is 67.3 Å². The van der Waals surface area contributed by atoms with E-state index in [0.29, 0.717) is 0 Å². The Kier molecular flexibility index (Phi) is 5.73. The summed E-state index contributed by atoms with van der Waals surface area (Å²) in [7, 11) is 0. The van der Waals surface area contributed by atoms with E-state index in [2.05, 4.69) is 15.0 Å². The number of imidazole rings is 1. The summed E-state index contributed by atoms with van der Waals surface area (Å²) in [6.45, 7) is 1.63. The van der Waals surface area contributed by atoms with E-state index in [1.165, 1.54) is 22.9 Å². The first-order chi connectivity index (χ1) is 14.8. The normalized spacial score (nSPS) is 18.0. The second-order valence-electron chi connectivity index (χ2n) is 7.39. The number of hydrogen-bond acceptors (Lipinski definition) is 5. The fourth-order valence-electron chi connectivity index (χ4n) is 4.06. The van der Waals surface area contributed by atoms with Gasteiger partial charge in [0.15, 0.2) is 0 Å². The molecule has 10 heteroatoms.